The molecular formula is C13H9Cl2NO2. The summed E-state index contributed by atoms with van der Waals surface area (Å²) in [7, 11) is 0. The minimum absolute atomic E-state index is 0.273. The molecule has 1 N–H and O–H groups in total. The van der Waals surface area contributed by atoms with Crippen molar-refractivity contribution in [2.24, 2.45) is 0 Å². The first-order valence-corrected chi connectivity index (χ1v) is 5.88. The van der Waals surface area contributed by atoms with Crippen molar-refractivity contribution in [1.29, 1.82) is 0 Å². The van der Waals surface area contributed by atoms with Crippen molar-refractivity contribution in [2.75, 3.05) is 5.32 Å². The Hall–Kier alpha value is -1.71. The van der Waals surface area contributed by atoms with Gasteiger partial charge in [-0.1, -0.05) is 23.2 Å². The van der Waals surface area contributed by atoms with Gasteiger partial charge < -0.3 is 9.73 Å². The summed E-state index contributed by atoms with van der Waals surface area (Å²) in [6, 6.07) is 8.38. The van der Waals surface area contributed by atoms with Gasteiger partial charge in [0.25, 0.3) is 0 Å². The van der Waals surface area contributed by atoms with Gasteiger partial charge in [-0.2, -0.15) is 0 Å². The van der Waals surface area contributed by atoms with Crippen LogP contribution in [0.1, 0.15) is 5.76 Å². The summed E-state index contributed by atoms with van der Waals surface area (Å²) in [5.74, 6) is 0.337. The molecular weight excluding hydrogens is 273 g/mol. The zero-order valence-corrected chi connectivity index (χ0v) is 10.7. The quantitative estimate of drug-likeness (QED) is 0.855. The topological polar surface area (TPSA) is 42.2 Å². The van der Waals surface area contributed by atoms with E-state index in [1.807, 2.05) is 0 Å². The molecule has 1 amide bonds. The summed E-state index contributed by atoms with van der Waals surface area (Å²) in [5, 5.41) is 3.50. The van der Waals surface area contributed by atoms with Crippen molar-refractivity contribution in [2.45, 2.75) is 0 Å². The molecule has 0 spiro atoms. The first kappa shape index (κ1) is 12.7. The lowest BCUT2D eigenvalue weighted by molar-refractivity contribution is -0.111. The van der Waals surface area contributed by atoms with Gasteiger partial charge in [-0.15, -0.1) is 0 Å². The predicted octanol–water partition coefficient (Wildman–Crippen LogP) is 4.24. The molecule has 92 valence electrons. The highest BCUT2D eigenvalue weighted by atomic mass is 35.5. The molecule has 2 aromatic rings. The van der Waals surface area contributed by atoms with E-state index >= 15 is 0 Å². The van der Waals surface area contributed by atoms with E-state index < -0.39 is 0 Å². The highest BCUT2D eigenvalue weighted by Crippen LogP contribution is 2.24. The van der Waals surface area contributed by atoms with E-state index in [0.29, 0.717) is 21.5 Å². The molecule has 18 heavy (non-hydrogen) atoms. The molecule has 0 saturated heterocycles. The molecule has 0 saturated carbocycles. The molecule has 0 unspecified atom stereocenters. The van der Waals surface area contributed by atoms with Crippen LogP contribution >= 0.6 is 23.2 Å². The highest BCUT2D eigenvalue weighted by Gasteiger charge is 2.02. The van der Waals surface area contributed by atoms with Gasteiger partial charge in [-0.05, 0) is 36.4 Å². The SMILES string of the molecule is O=C(/C=C\c1ccco1)Nc1ccc(Cl)c(Cl)c1. The van der Waals surface area contributed by atoms with Crippen LogP contribution in [0.5, 0.6) is 0 Å². The maximum absolute atomic E-state index is 11.6. The standard InChI is InChI=1S/C13H9Cl2NO2/c14-11-5-3-9(8-12(11)15)16-13(17)6-4-10-2-1-7-18-10/h1-8H,(H,16,17)/b6-4-. The molecule has 0 aliphatic carbocycles. The number of furan rings is 1. The minimum Gasteiger partial charge on any atom is -0.465 e. The number of anilines is 1. The molecule has 0 bridgehead atoms. The summed E-state index contributed by atoms with van der Waals surface area (Å²) in [6.45, 7) is 0. The number of halogens is 2. The summed E-state index contributed by atoms with van der Waals surface area (Å²) in [6.07, 6.45) is 4.49. The maximum atomic E-state index is 11.6. The van der Waals surface area contributed by atoms with Crippen molar-refractivity contribution in [3.63, 3.8) is 0 Å². The van der Waals surface area contributed by atoms with Gasteiger partial charge in [0.15, 0.2) is 0 Å². The molecule has 3 nitrogen and oxygen atoms in total. The zero-order valence-electron chi connectivity index (χ0n) is 9.19. The molecule has 0 aliphatic rings. The molecule has 1 heterocycles. The van der Waals surface area contributed by atoms with Crippen molar-refractivity contribution in [1.82, 2.24) is 0 Å². The van der Waals surface area contributed by atoms with Gasteiger partial charge in [0.05, 0.1) is 16.3 Å². The molecule has 0 atom stereocenters. The van der Waals surface area contributed by atoms with Crippen LogP contribution in [0, 0.1) is 0 Å². The predicted molar refractivity (Wildman–Crippen MR) is 72.8 cm³/mol. The smallest absolute Gasteiger partial charge is 0.248 e. The van der Waals surface area contributed by atoms with Crippen molar-refractivity contribution >= 4 is 40.9 Å². The van der Waals surface area contributed by atoms with Crippen LogP contribution < -0.4 is 5.32 Å². The van der Waals surface area contributed by atoms with E-state index in [1.165, 1.54) is 12.3 Å². The Kier molecular flexibility index (Phi) is 4.07. The second kappa shape index (κ2) is 5.76. The van der Waals surface area contributed by atoms with E-state index in [4.69, 9.17) is 27.6 Å². The lowest BCUT2D eigenvalue weighted by atomic mass is 10.3. The number of carbonyl (C=O) groups is 1. The Labute approximate surface area is 114 Å². The Balaban J connectivity index is 2.01. The van der Waals surface area contributed by atoms with Gasteiger partial charge in [0.2, 0.25) is 5.91 Å². The molecule has 1 aromatic heterocycles. The fourth-order valence-corrected chi connectivity index (χ4v) is 1.60. The van der Waals surface area contributed by atoms with Gasteiger partial charge in [0, 0.05) is 11.8 Å². The number of hydrogen-bond donors (Lipinski definition) is 1. The van der Waals surface area contributed by atoms with Crippen molar-refractivity contribution in [3.05, 3.63) is 58.5 Å². The number of rotatable bonds is 3. The largest absolute Gasteiger partial charge is 0.465 e. The minimum atomic E-state index is -0.273. The Morgan fingerprint density at radius 2 is 2.06 bits per heavy atom. The third-order valence-corrected chi connectivity index (χ3v) is 2.87. The van der Waals surface area contributed by atoms with Crippen LogP contribution in [-0.2, 0) is 4.79 Å². The number of benzene rings is 1. The van der Waals surface area contributed by atoms with Crippen LogP contribution in [0.3, 0.4) is 0 Å². The molecule has 0 aliphatic heterocycles. The zero-order chi connectivity index (χ0) is 13.0. The van der Waals surface area contributed by atoms with E-state index in [9.17, 15) is 4.79 Å². The Bertz CT molecular complexity index is 577. The molecule has 0 fully saturated rings. The monoisotopic (exact) mass is 281 g/mol. The highest BCUT2D eigenvalue weighted by molar-refractivity contribution is 6.42. The third-order valence-electron chi connectivity index (χ3n) is 2.13. The Morgan fingerprint density at radius 3 is 2.72 bits per heavy atom. The van der Waals surface area contributed by atoms with E-state index in [1.54, 1.807) is 36.4 Å². The summed E-state index contributed by atoms with van der Waals surface area (Å²) in [5.41, 5.74) is 0.582. The van der Waals surface area contributed by atoms with Gasteiger partial charge in [0.1, 0.15) is 5.76 Å². The van der Waals surface area contributed by atoms with E-state index in [-0.39, 0.29) is 5.91 Å². The lowest BCUT2D eigenvalue weighted by Gasteiger charge is -2.03. The normalized spacial score (nSPS) is 10.8. The second-order valence-corrected chi connectivity index (χ2v) is 4.28. The summed E-state index contributed by atoms with van der Waals surface area (Å²) >= 11 is 11.6. The summed E-state index contributed by atoms with van der Waals surface area (Å²) < 4.78 is 5.06. The first-order valence-electron chi connectivity index (χ1n) is 5.13. The number of hydrogen-bond acceptors (Lipinski definition) is 2. The number of nitrogens with one attached hydrogen (secondary N) is 1. The average molecular weight is 282 g/mol. The Morgan fingerprint density at radius 1 is 1.22 bits per heavy atom. The van der Waals surface area contributed by atoms with Gasteiger partial charge in [-0.25, -0.2) is 0 Å². The maximum Gasteiger partial charge on any atom is 0.248 e. The van der Waals surface area contributed by atoms with Crippen LogP contribution in [0.15, 0.2) is 47.1 Å². The van der Waals surface area contributed by atoms with Crippen LogP contribution in [0.2, 0.25) is 10.0 Å². The lowest BCUT2D eigenvalue weighted by Crippen LogP contribution is -2.07. The third kappa shape index (κ3) is 3.39. The second-order valence-electron chi connectivity index (χ2n) is 3.47. The van der Waals surface area contributed by atoms with Gasteiger partial charge >= 0.3 is 0 Å². The fraction of sp³-hybridized carbons (Fsp3) is 0. The van der Waals surface area contributed by atoms with Gasteiger partial charge in [-0.3, -0.25) is 4.79 Å². The summed E-state index contributed by atoms with van der Waals surface area (Å²) in [4.78, 5) is 11.6. The molecule has 1 aromatic carbocycles. The van der Waals surface area contributed by atoms with Crippen molar-refractivity contribution < 1.29 is 9.21 Å². The van der Waals surface area contributed by atoms with Crippen molar-refractivity contribution in [3.8, 4) is 0 Å². The average Bonchev–Trinajstić information content (AvgIpc) is 2.84. The number of amides is 1. The van der Waals surface area contributed by atoms with E-state index in [2.05, 4.69) is 5.32 Å². The first-order chi connectivity index (χ1) is 8.65. The molecule has 2 rings (SSSR count). The van der Waals surface area contributed by atoms with Crippen LogP contribution in [0.4, 0.5) is 5.69 Å². The van der Waals surface area contributed by atoms with E-state index in [0.717, 1.165) is 0 Å². The molecule has 0 radical (unpaired) electrons. The fourth-order valence-electron chi connectivity index (χ4n) is 1.30. The number of carbonyl (C=O) groups excluding carboxylic acids is 1. The van der Waals surface area contributed by atoms with Crippen LogP contribution in [-0.4, -0.2) is 5.91 Å². The van der Waals surface area contributed by atoms with Crippen LogP contribution in [0.25, 0.3) is 6.08 Å². The molecule has 5 heteroatoms.